The molecule has 0 bridgehead atoms. The third-order valence-corrected chi connectivity index (χ3v) is 1.48. The summed E-state index contributed by atoms with van der Waals surface area (Å²) < 4.78 is 10.4. The highest BCUT2D eigenvalue weighted by atomic mass is 16.5. The summed E-state index contributed by atoms with van der Waals surface area (Å²) >= 11 is 0. The van der Waals surface area contributed by atoms with Gasteiger partial charge in [0.2, 0.25) is 0 Å². The summed E-state index contributed by atoms with van der Waals surface area (Å²) in [4.78, 5) is 0. The molecular weight excluding hydrogens is 202 g/mol. The lowest BCUT2D eigenvalue weighted by Gasteiger charge is -2.09. The van der Waals surface area contributed by atoms with Crippen molar-refractivity contribution in [3.05, 3.63) is 35.4 Å². The maximum absolute atomic E-state index is 5.41. The highest BCUT2D eigenvalue weighted by Crippen LogP contribution is 2.11. The van der Waals surface area contributed by atoms with E-state index in [0.717, 1.165) is 0 Å². The second-order valence-corrected chi connectivity index (χ2v) is 2.94. The average molecular weight is 227 g/mol. The summed E-state index contributed by atoms with van der Waals surface area (Å²) in [6, 6.07) is 0. The van der Waals surface area contributed by atoms with Crippen LogP contribution < -0.4 is 5.73 Å². The first-order valence-electron chi connectivity index (χ1n) is 5.59. The second kappa shape index (κ2) is 11.7. The zero-order valence-electron chi connectivity index (χ0n) is 11.3. The quantitative estimate of drug-likeness (QED) is 0.578. The van der Waals surface area contributed by atoms with Gasteiger partial charge in [-0.25, -0.2) is 0 Å². The van der Waals surface area contributed by atoms with Crippen LogP contribution in [-0.4, -0.2) is 13.7 Å². The van der Waals surface area contributed by atoms with E-state index in [1.54, 1.807) is 7.11 Å². The molecule has 0 amide bonds. The second-order valence-electron chi connectivity index (χ2n) is 2.94. The van der Waals surface area contributed by atoms with Gasteiger partial charge in [0, 0.05) is 6.20 Å². The van der Waals surface area contributed by atoms with Crippen molar-refractivity contribution >= 4 is 0 Å². The van der Waals surface area contributed by atoms with Crippen LogP contribution in [0.3, 0.4) is 0 Å². The molecule has 0 aromatic heterocycles. The van der Waals surface area contributed by atoms with Crippen molar-refractivity contribution in [2.75, 3.05) is 13.7 Å². The third kappa shape index (κ3) is 7.97. The van der Waals surface area contributed by atoms with Gasteiger partial charge < -0.3 is 15.2 Å². The maximum atomic E-state index is 5.41. The minimum Gasteiger partial charge on any atom is -0.493 e. The minimum absolute atomic E-state index is 0.563. The Labute approximate surface area is 99.6 Å². The van der Waals surface area contributed by atoms with Crippen LogP contribution in [0, 0.1) is 0 Å². The highest BCUT2D eigenvalue weighted by Gasteiger charge is 2.03. The molecule has 0 unspecified atom stereocenters. The molecule has 0 aliphatic heterocycles. The van der Waals surface area contributed by atoms with E-state index >= 15 is 0 Å². The monoisotopic (exact) mass is 227 g/mol. The Morgan fingerprint density at radius 1 is 1.12 bits per heavy atom. The molecule has 0 saturated heterocycles. The molecule has 0 rings (SSSR count). The number of hydrogen-bond acceptors (Lipinski definition) is 3. The molecule has 0 aliphatic rings. The van der Waals surface area contributed by atoms with E-state index in [1.807, 2.05) is 46.8 Å². The van der Waals surface area contributed by atoms with Crippen LogP contribution in [-0.2, 0) is 9.47 Å². The van der Waals surface area contributed by atoms with Crippen molar-refractivity contribution in [3.63, 3.8) is 0 Å². The fourth-order valence-electron chi connectivity index (χ4n) is 0.850. The van der Waals surface area contributed by atoms with Gasteiger partial charge >= 0.3 is 0 Å². The van der Waals surface area contributed by atoms with Gasteiger partial charge in [-0.3, -0.25) is 0 Å². The predicted molar refractivity (Wildman–Crippen MR) is 69.8 cm³/mol. The summed E-state index contributed by atoms with van der Waals surface area (Å²) in [5.41, 5.74) is 6.60. The molecule has 0 fully saturated rings. The van der Waals surface area contributed by atoms with Crippen molar-refractivity contribution in [1.29, 1.82) is 0 Å². The van der Waals surface area contributed by atoms with Gasteiger partial charge in [-0.2, -0.15) is 0 Å². The van der Waals surface area contributed by atoms with Crippen molar-refractivity contribution in [2.45, 2.75) is 34.6 Å². The average Bonchev–Trinajstić information content (AvgIpc) is 2.30. The molecule has 0 radical (unpaired) electrons. The van der Waals surface area contributed by atoms with E-state index in [4.69, 9.17) is 15.2 Å². The zero-order chi connectivity index (χ0) is 13.0. The Kier molecular flexibility index (Phi) is 12.4. The summed E-state index contributed by atoms with van der Waals surface area (Å²) in [7, 11) is 1.59. The van der Waals surface area contributed by atoms with Gasteiger partial charge in [0.05, 0.1) is 13.7 Å². The van der Waals surface area contributed by atoms with Crippen molar-refractivity contribution < 1.29 is 9.47 Å². The van der Waals surface area contributed by atoms with E-state index < -0.39 is 0 Å². The van der Waals surface area contributed by atoms with Crippen LogP contribution in [0.15, 0.2) is 35.4 Å². The molecule has 0 atom stereocenters. The van der Waals surface area contributed by atoms with Crippen LogP contribution in [0.5, 0.6) is 0 Å². The molecule has 0 spiro atoms. The lowest BCUT2D eigenvalue weighted by molar-refractivity contribution is 0.186. The van der Waals surface area contributed by atoms with E-state index in [1.165, 1.54) is 11.8 Å². The van der Waals surface area contributed by atoms with Crippen LogP contribution >= 0.6 is 0 Å². The van der Waals surface area contributed by atoms with Crippen LogP contribution in [0.1, 0.15) is 34.6 Å². The fraction of sp³-hybridized carbons (Fsp3) is 0.538. The minimum atomic E-state index is 0.563. The van der Waals surface area contributed by atoms with Gasteiger partial charge in [-0.15, -0.1) is 0 Å². The number of methoxy groups -OCH3 is 1. The normalized spacial score (nSPS) is 11.1. The Bertz CT molecular complexity index is 249. The Morgan fingerprint density at radius 2 is 1.69 bits per heavy atom. The molecule has 94 valence electrons. The molecule has 3 nitrogen and oxygen atoms in total. The molecule has 0 saturated carbocycles. The lowest BCUT2D eigenvalue weighted by Crippen LogP contribution is -2.01. The molecule has 0 aliphatic carbocycles. The number of nitrogens with two attached hydrogens (primary N) is 1. The van der Waals surface area contributed by atoms with E-state index in [0.29, 0.717) is 18.1 Å². The van der Waals surface area contributed by atoms with Crippen LogP contribution in [0.25, 0.3) is 0 Å². The van der Waals surface area contributed by atoms with Gasteiger partial charge in [0.1, 0.15) is 0 Å². The Balaban J connectivity index is 0. The van der Waals surface area contributed by atoms with Crippen LogP contribution in [0.4, 0.5) is 0 Å². The first-order valence-corrected chi connectivity index (χ1v) is 5.59. The molecule has 3 heteroatoms. The lowest BCUT2D eigenvalue weighted by atomic mass is 10.3. The Hall–Kier alpha value is -1.38. The topological polar surface area (TPSA) is 44.5 Å². The van der Waals surface area contributed by atoms with Gasteiger partial charge in [-0.1, -0.05) is 25.5 Å². The fourth-order valence-corrected chi connectivity index (χ4v) is 0.850. The summed E-state index contributed by atoms with van der Waals surface area (Å²) in [5, 5.41) is 0. The SMILES string of the molecule is CC.CCOC(=C/N)/C(=C\C=C(C)C)OC. The van der Waals surface area contributed by atoms with E-state index in [9.17, 15) is 0 Å². The number of ether oxygens (including phenoxy) is 2. The molecule has 0 heterocycles. The van der Waals surface area contributed by atoms with Crippen LogP contribution in [0.2, 0.25) is 0 Å². The zero-order valence-corrected chi connectivity index (χ0v) is 11.3. The molecule has 2 N–H and O–H groups in total. The highest BCUT2D eigenvalue weighted by molar-refractivity contribution is 5.25. The number of rotatable bonds is 5. The number of allylic oxidation sites excluding steroid dienone is 3. The molecule has 16 heavy (non-hydrogen) atoms. The van der Waals surface area contributed by atoms with Crippen molar-refractivity contribution in [3.8, 4) is 0 Å². The first kappa shape index (κ1) is 17.0. The molecule has 0 aromatic carbocycles. The summed E-state index contributed by atoms with van der Waals surface area (Å²) in [6.45, 7) is 10.5. The molecule has 0 aromatic rings. The van der Waals surface area contributed by atoms with Gasteiger partial charge in [0.15, 0.2) is 11.5 Å². The van der Waals surface area contributed by atoms with E-state index in [2.05, 4.69) is 0 Å². The summed E-state index contributed by atoms with van der Waals surface area (Å²) in [6.07, 6.45) is 5.18. The van der Waals surface area contributed by atoms with Gasteiger partial charge in [-0.05, 0) is 26.8 Å². The largest absolute Gasteiger partial charge is 0.493 e. The first-order chi connectivity index (χ1) is 7.65. The number of hydrogen-bond donors (Lipinski definition) is 1. The van der Waals surface area contributed by atoms with Gasteiger partial charge in [0.25, 0.3) is 0 Å². The standard InChI is InChI=1S/C11H19NO2.C2H6/c1-5-14-11(8-12)10(13-4)7-6-9(2)3;1-2/h6-8H,5,12H2,1-4H3;1-2H3/b10-7+,11-8+;. The molecular formula is C13H25NO2. The smallest absolute Gasteiger partial charge is 0.176 e. The Morgan fingerprint density at radius 3 is 2.00 bits per heavy atom. The predicted octanol–water partition coefficient (Wildman–Crippen LogP) is 3.35. The third-order valence-electron chi connectivity index (χ3n) is 1.48. The van der Waals surface area contributed by atoms with Crippen molar-refractivity contribution in [1.82, 2.24) is 0 Å². The maximum Gasteiger partial charge on any atom is 0.176 e. The van der Waals surface area contributed by atoms with E-state index in [-0.39, 0.29) is 0 Å². The summed E-state index contributed by atoms with van der Waals surface area (Å²) in [5.74, 6) is 1.20. The van der Waals surface area contributed by atoms with Crippen molar-refractivity contribution in [2.24, 2.45) is 5.73 Å².